The van der Waals surface area contributed by atoms with Gasteiger partial charge in [-0.1, -0.05) is 12.1 Å². The lowest BCUT2D eigenvalue weighted by Gasteiger charge is -2.17. The summed E-state index contributed by atoms with van der Waals surface area (Å²) < 4.78 is 47.1. The highest BCUT2D eigenvalue weighted by molar-refractivity contribution is 7.89. The molecule has 1 heterocycles. The number of ether oxygens (including phenoxy) is 1. The van der Waals surface area contributed by atoms with Crippen LogP contribution in [0.15, 0.2) is 47.4 Å². The van der Waals surface area contributed by atoms with Gasteiger partial charge in [-0.15, -0.1) is 0 Å². The first-order valence-electron chi connectivity index (χ1n) is 9.63. The van der Waals surface area contributed by atoms with Crippen molar-refractivity contribution in [2.24, 2.45) is 0 Å². The van der Waals surface area contributed by atoms with E-state index in [9.17, 15) is 12.8 Å². The minimum absolute atomic E-state index is 0.0971. The number of nitriles is 1. The maximum atomic E-state index is 13.5. The van der Waals surface area contributed by atoms with Crippen LogP contribution in [-0.4, -0.2) is 38.6 Å². The van der Waals surface area contributed by atoms with E-state index in [2.05, 4.69) is 9.62 Å². The Hall–Kier alpha value is -2.47. The standard InChI is InChI=1S/C21H22FN3O3S/c22-21-8-7-20(11-16(21)12-23)29(26,27)24-17-9-10-25(14-17)13-15-1-3-18(4-2-15)28-19-5-6-19/h1-4,7-8,11,17,19,24H,5-6,9-10,13-14H2/t17-/m1/s1. The molecular formula is C21H22FN3O3S. The highest BCUT2D eigenvalue weighted by Gasteiger charge is 2.28. The molecule has 1 atom stereocenters. The van der Waals surface area contributed by atoms with Crippen molar-refractivity contribution in [1.82, 2.24) is 9.62 Å². The zero-order chi connectivity index (χ0) is 20.4. The third-order valence-electron chi connectivity index (χ3n) is 5.12. The van der Waals surface area contributed by atoms with E-state index in [0.29, 0.717) is 19.1 Å². The molecule has 0 bridgehead atoms. The van der Waals surface area contributed by atoms with E-state index in [-0.39, 0.29) is 16.5 Å². The monoisotopic (exact) mass is 415 g/mol. The van der Waals surface area contributed by atoms with E-state index >= 15 is 0 Å². The van der Waals surface area contributed by atoms with Crippen LogP contribution >= 0.6 is 0 Å². The van der Waals surface area contributed by atoms with Gasteiger partial charge in [-0.3, -0.25) is 4.90 Å². The van der Waals surface area contributed by atoms with Crippen LogP contribution in [0, 0.1) is 17.1 Å². The summed E-state index contributed by atoms with van der Waals surface area (Å²) in [5.41, 5.74) is 0.865. The second-order valence-corrected chi connectivity index (χ2v) is 9.27. The molecule has 2 aromatic carbocycles. The largest absolute Gasteiger partial charge is 0.490 e. The third-order valence-corrected chi connectivity index (χ3v) is 6.64. The summed E-state index contributed by atoms with van der Waals surface area (Å²) in [6, 6.07) is 12.7. The Labute approximate surface area is 170 Å². The molecule has 2 aliphatic rings. The van der Waals surface area contributed by atoms with Gasteiger partial charge in [-0.25, -0.2) is 17.5 Å². The molecule has 0 amide bonds. The second kappa shape index (κ2) is 8.11. The number of sulfonamides is 1. The lowest BCUT2D eigenvalue weighted by atomic mass is 10.2. The fraction of sp³-hybridized carbons (Fsp3) is 0.381. The lowest BCUT2D eigenvalue weighted by molar-refractivity contribution is 0.302. The van der Waals surface area contributed by atoms with Crippen molar-refractivity contribution >= 4 is 10.0 Å². The zero-order valence-corrected chi connectivity index (χ0v) is 16.7. The number of halogens is 1. The van der Waals surface area contributed by atoms with Gasteiger partial charge in [-0.05, 0) is 55.2 Å². The Kier molecular flexibility index (Phi) is 5.54. The highest BCUT2D eigenvalue weighted by Crippen LogP contribution is 2.27. The van der Waals surface area contributed by atoms with Crippen LogP contribution < -0.4 is 9.46 Å². The van der Waals surface area contributed by atoms with Crippen LogP contribution in [-0.2, 0) is 16.6 Å². The number of hydrogen-bond donors (Lipinski definition) is 1. The quantitative estimate of drug-likeness (QED) is 0.752. The molecule has 1 saturated heterocycles. The van der Waals surface area contributed by atoms with Gasteiger partial charge in [0.25, 0.3) is 0 Å². The molecule has 0 radical (unpaired) electrons. The van der Waals surface area contributed by atoms with Crippen LogP contribution in [0.3, 0.4) is 0 Å². The van der Waals surface area contributed by atoms with Crippen molar-refractivity contribution in [3.8, 4) is 11.8 Å². The molecule has 0 aromatic heterocycles. The van der Waals surface area contributed by atoms with Gasteiger partial charge < -0.3 is 4.74 Å². The Morgan fingerprint density at radius 3 is 2.62 bits per heavy atom. The summed E-state index contributed by atoms with van der Waals surface area (Å²) in [7, 11) is -3.81. The predicted octanol–water partition coefficient (Wildman–Crippen LogP) is 2.79. The molecule has 4 rings (SSSR count). The molecule has 1 saturated carbocycles. The molecular weight excluding hydrogens is 393 g/mol. The SMILES string of the molecule is N#Cc1cc(S(=O)(=O)N[C@@H]2CCN(Cc3ccc(OC4CC4)cc3)C2)ccc1F. The molecule has 0 spiro atoms. The molecule has 2 aromatic rings. The number of nitrogens with zero attached hydrogens (tertiary/aromatic N) is 2. The van der Waals surface area contributed by atoms with Gasteiger partial charge in [0.2, 0.25) is 10.0 Å². The van der Waals surface area contributed by atoms with E-state index in [1.54, 1.807) is 6.07 Å². The van der Waals surface area contributed by atoms with E-state index < -0.39 is 15.8 Å². The molecule has 1 N–H and O–H groups in total. The van der Waals surface area contributed by atoms with Crippen molar-refractivity contribution < 1.29 is 17.5 Å². The first-order valence-corrected chi connectivity index (χ1v) is 11.1. The van der Waals surface area contributed by atoms with Gasteiger partial charge in [0.05, 0.1) is 16.6 Å². The number of rotatable bonds is 7. The summed E-state index contributed by atoms with van der Waals surface area (Å²) in [5.74, 6) is 0.159. The summed E-state index contributed by atoms with van der Waals surface area (Å²) in [6.07, 6.45) is 3.32. The van der Waals surface area contributed by atoms with Crippen LogP contribution in [0.1, 0.15) is 30.4 Å². The molecule has 6 nitrogen and oxygen atoms in total. The van der Waals surface area contributed by atoms with Crippen molar-refractivity contribution in [3.05, 3.63) is 59.4 Å². The highest BCUT2D eigenvalue weighted by atomic mass is 32.2. The molecule has 0 unspecified atom stereocenters. The molecule has 8 heteroatoms. The van der Waals surface area contributed by atoms with Gasteiger partial charge >= 0.3 is 0 Å². The predicted molar refractivity (Wildman–Crippen MR) is 105 cm³/mol. The van der Waals surface area contributed by atoms with Crippen LogP contribution in [0.25, 0.3) is 0 Å². The summed E-state index contributed by atoms with van der Waals surface area (Å²) in [4.78, 5) is 2.09. The number of likely N-dealkylation sites (tertiary alicyclic amines) is 1. The second-order valence-electron chi connectivity index (χ2n) is 7.56. The lowest BCUT2D eigenvalue weighted by Crippen LogP contribution is -2.37. The van der Waals surface area contributed by atoms with E-state index in [4.69, 9.17) is 10.00 Å². The van der Waals surface area contributed by atoms with Crippen LogP contribution in [0.4, 0.5) is 4.39 Å². The molecule has 2 fully saturated rings. The van der Waals surface area contributed by atoms with E-state index in [1.807, 2.05) is 24.3 Å². The van der Waals surface area contributed by atoms with Gasteiger partial charge in [-0.2, -0.15) is 5.26 Å². The van der Waals surface area contributed by atoms with Crippen LogP contribution in [0.5, 0.6) is 5.75 Å². The normalized spacial score (nSPS) is 19.8. The van der Waals surface area contributed by atoms with Crippen molar-refractivity contribution in [2.45, 2.75) is 42.8 Å². The molecule has 1 aliphatic heterocycles. The minimum Gasteiger partial charge on any atom is -0.490 e. The van der Waals surface area contributed by atoms with Gasteiger partial charge in [0.15, 0.2) is 0 Å². The van der Waals surface area contributed by atoms with Crippen molar-refractivity contribution in [1.29, 1.82) is 5.26 Å². The van der Waals surface area contributed by atoms with E-state index in [0.717, 1.165) is 49.4 Å². The number of nitrogens with one attached hydrogen (secondary N) is 1. The molecule has 29 heavy (non-hydrogen) atoms. The maximum Gasteiger partial charge on any atom is 0.240 e. The Morgan fingerprint density at radius 2 is 1.93 bits per heavy atom. The van der Waals surface area contributed by atoms with Crippen molar-refractivity contribution in [3.63, 3.8) is 0 Å². The first kappa shape index (κ1) is 19.8. The van der Waals surface area contributed by atoms with E-state index in [1.165, 1.54) is 6.07 Å². The zero-order valence-electron chi connectivity index (χ0n) is 15.8. The Bertz CT molecular complexity index is 1030. The van der Waals surface area contributed by atoms with Crippen molar-refractivity contribution in [2.75, 3.05) is 13.1 Å². The maximum absolute atomic E-state index is 13.5. The van der Waals surface area contributed by atoms with Crippen LogP contribution in [0.2, 0.25) is 0 Å². The Balaban J connectivity index is 1.34. The van der Waals surface area contributed by atoms with Gasteiger partial charge in [0, 0.05) is 25.7 Å². The summed E-state index contributed by atoms with van der Waals surface area (Å²) in [6.45, 7) is 2.10. The Morgan fingerprint density at radius 1 is 1.17 bits per heavy atom. The number of hydrogen-bond acceptors (Lipinski definition) is 5. The molecule has 1 aliphatic carbocycles. The minimum atomic E-state index is -3.81. The third kappa shape index (κ3) is 4.93. The smallest absolute Gasteiger partial charge is 0.240 e. The summed E-state index contributed by atoms with van der Waals surface area (Å²) >= 11 is 0. The van der Waals surface area contributed by atoms with Gasteiger partial charge in [0.1, 0.15) is 17.6 Å². The fourth-order valence-corrected chi connectivity index (χ4v) is 4.71. The average Bonchev–Trinajstić information content (AvgIpc) is 3.41. The molecule has 152 valence electrons. The summed E-state index contributed by atoms with van der Waals surface area (Å²) in [5, 5.41) is 8.91. The first-order chi connectivity index (χ1) is 13.9. The number of benzene rings is 2. The fourth-order valence-electron chi connectivity index (χ4n) is 3.43. The average molecular weight is 415 g/mol. The topological polar surface area (TPSA) is 82.4 Å².